The van der Waals surface area contributed by atoms with Crippen molar-refractivity contribution in [2.75, 3.05) is 6.61 Å². The van der Waals surface area contributed by atoms with Crippen LogP contribution in [0.15, 0.2) is 24.8 Å². The fourth-order valence-electron chi connectivity index (χ4n) is 0.720. The molecule has 0 amide bonds. The van der Waals surface area contributed by atoms with Gasteiger partial charge in [-0.2, -0.15) is 0 Å². The van der Waals surface area contributed by atoms with Gasteiger partial charge in [0.25, 0.3) is 0 Å². The van der Waals surface area contributed by atoms with Crippen LogP contribution < -0.4 is 0 Å². The standard InChI is InChI=1S/C11H16O4/c1-5-8(3)11(13)14-7-9(4)15-10(12)6-2/h6,9H,2-3,5,7H2,1,4H3. The van der Waals surface area contributed by atoms with E-state index in [9.17, 15) is 9.59 Å². The number of carbonyl (C=O) groups excluding carboxylic acids is 2. The van der Waals surface area contributed by atoms with Gasteiger partial charge in [-0.1, -0.05) is 20.1 Å². The van der Waals surface area contributed by atoms with Gasteiger partial charge in [0.2, 0.25) is 0 Å². The van der Waals surface area contributed by atoms with Crippen LogP contribution in [-0.2, 0) is 19.1 Å². The van der Waals surface area contributed by atoms with Crippen molar-refractivity contribution in [3.8, 4) is 0 Å². The zero-order valence-electron chi connectivity index (χ0n) is 9.12. The zero-order chi connectivity index (χ0) is 11.8. The molecule has 0 saturated carbocycles. The monoisotopic (exact) mass is 212 g/mol. The van der Waals surface area contributed by atoms with Gasteiger partial charge in [0, 0.05) is 11.6 Å². The number of ether oxygens (including phenoxy) is 2. The average molecular weight is 212 g/mol. The summed E-state index contributed by atoms with van der Waals surface area (Å²) in [7, 11) is 0. The highest BCUT2D eigenvalue weighted by atomic mass is 16.6. The van der Waals surface area contributed by atoms with Crippen molar-refractivity contribution in [3.05, 3.63) is 24.8 Å². The molecule has 1 atom stereocenters. The van der Waals surface area contributed by atoms with E-state index in [1.54, 1.807) is 6.92 Å². The first-order valence-electron chi connectivity index (χ1n) is 4.69. The van der Waals surface area contributed by atoms with Crippen molar-refractivity contribution in [2.45, 2.75) is 26.4 Å². The average Bonchev–Trinajstić information content (AvgIpc) is 2.24. The largest absolute Gasteiger partial charge is 0.458 e. The van der Waals surface area contributed by atoms with Gasteiger partial charge in [-0.15, -0.1) is 0 Å². The fraction of sp³-hybridized carbons (Fsp3) is 0.455. The van der Waals surface area contributed by atoms with Gasteiger partial charge in [0.15, 0.2) is 0 Å². The number of hydrogen-bond donors (Lipinski definition) is 0. The van der Waals surface area contributed by atoms with Crippen molar-refractivity contribution in [1.82, 2.24) is 0 Å². The van der Waals surface area contributed by atoms with Crippen LogP contribution in [0.5, 0.6) is 0 Å². The van der Waals surface area contributed by atoms with E-state index in [4.69, 9.17) is 9.47 Å². The normalized spacial score (nSPS) is 11.3. The zero-order valence-corrected chi connectivity index (χ0v) is 9.12. The Labute approximate surface area is 89.6 Å². The second-order valence-electron chi connectivity index (χ2n) is 3.01. The Kier molecular flexibility index (Phi) is 6.09. The third-order valence-corrected chi connectivity index (χ3v) is 1.65. The molecule has 0 aliphatic carbocycles. The van der Waals surface area contributed by atoms with E-state index in [-0.39, 0.29) is 6.61 Å². The molecule has 0 radical (unpaired) electrons. The maximum Gasteiger partial charge on any atom is 0.333 e. The third-order valence-electron chi connectivity index (χ3n) is 1.65. The van der Waals surface area contributed by atoms with Crippen LogP contribution in [0.1, 0.15) is 20.3 Å². The lowest BCUT2D eigenvalue weighted by atomic mass is 10.2. The minimum Gasteiger partial charge on any atom is -0.458 e. The predicted octanol–water partition coefficient (Wildman–Crippen LogP) is 1.61. The minimum absolute atomic E-state index is 0.0252. The maximum absolute atomic E-state index is 11.2. The topological polar surface area (TPSA) is 52.6 Å². The van der Waals surface area contributed by atoms with E-state index in [0.29, 0.717) is 12.0 Å². The van der Waals surface area contributed by atoms with Gasteiger partial charge in [0.1, 0.15) is 12.7 Å². The van der Waals surface area contributed by atoms with E-state index in [0.717, 1.165) is 6.08 Å². The third kappa shape index (κ3) is 5.67. The molecule has 0 aromatic heterocycles. The Hall–Kier alpha value is -1.58. The molecule has 0 N–H and O–H groups in total. The van der Waals surface area contributed by atoms with Crippen molar-refractivity contribution in [3.63, 3.8) is 0 Å². The van der Waals surface area contributed by atoms with E-state index >= 15 is 0 Å². The van der Waals surface area contributed by atoms with Gasteiger partial charge < -0.3 is 9.47 Å². The highest BCUT2D eigenvalue weighted by molar-refractivity contribution is 5.87. The van der Waals surface area contributed by atoms with E-state index < -0.39 is 18.0 Å². The van der Waals surface area contributed by atoms with E-state index in [1.807, 2.05) is 6.92 Å². The minimum atomic E-state index is -0.534. The first kappa shape index (κ1) is 13.4. The maximum atomic E-state index is 11.2. The van der Waals surface area contributed by atoms with Crippen LogP contribution in [0.25, 0.3) is 0 Å². The summed E-state index contributed by atoms with van der Waals surface area (Å²) in [6.07, 6.45) is 1.12. The van der Waals surface area contributed by atoms with Crippen LogP contribution in [0, 0.1) is 0 Å². The highest BCUT2D eigenvalue weighted by Gasteiger charge is 2.11. The molecule has 0 aromatic rings. The predicted molar refractivity (Wildman–Crippen MR) is 56.1 cm³/mol. The molecule has 0 aromatic carbocycles. The van der Waals surface area contributed by atoms with E-state index in [1.165, 1.54) is 0 Å². The van der Waals surface area contributed by atoms with Gasteiger partial charge in [0.05, 0.1) is 0 Å². The molecular formula is C11H16O4. The first-order valence-corrected chi connectivity index (χ1v) is 4.69. The van der Waals surface area contributed by atoms with Crippen LogP contribution in [0.2, 0.25) is 0 Å². The molecular weight excluding hydrogens is 196 g/mol. The number of esters is 2. The number of carbonyl (C=O) groups is 2. The second kappa shape index (κ2) is 6.81. The molecule has 0 fully saturated rings. The molecule has 0 saturated heterocycles. The molecule has 0 aliphatic heterocycles. The second-order valence-corrected chi connectivity index (χ2v) is 3.01. The van der Waals surface area contributed by atoms with Crippen LogP contribution in [0.3, 0.4) is 0 Å². The van der Waals surface area contributed by atoms with Crippen molar-refractivity contribution < 1.29 is 19.1 Å². The SMILES string of the molecule is C=CC(=O)OC(C)COC(=O)C(=C)CC. The van der Waals surface area contributed by atoms with Crippen molar-refractivity contribution >= 4 is 11.9 Å². The number of rotatable bonds is 6. The van der Waals surface area contributed by atoms with Crippen LogP contribution in [0.4, 0.5) is 0 Å². The summed E-state index contributed by atoms with van der Waals surface area (Å²) in [5.41, 5.74) is 0.400. The summed E-state index contributed by atoms with van der Waals surface area (Å²) in [6, 6.07) is 0. The lowest BCUT2D eigenvalue weighted by Gasteiger charge is -2.12. The van der Waals surface area contributed by atoms with Gasteiger partial charge in [-0.25, -0.2) is 9.59 Å². The fourth-order valence-corrected chi connectivity index (χ4v) is 0.720. The van der Waals surface area contributed by atoms with E-state index in [2.05, 4.69) is 13.2 Å². The molecule has 1 unspecified atom stereocenters. The Morgan fingerprint density at radius 1 is 1.47 bits per heavy atom. The van der Waals surface area contributed by atoms with Gasteiger partial charge in [-0.3, -0.25) is 0 Å². The van der Waals surface area contributed by atoms with Crippen molar-refractivity contribution in [1.29, 1.82) is 0 Å². The summed E-state index contributed by atoms with van der Waals surface area (Å²) < 4.78 is 9.65. The Bertz CT molecular complexity index is 268. The van der Waals surface area contributed by atoms with Crippen LogP contribution >= 0.6 is 0 Å². The quantitative estimate of drug-likeness (QED) is 0.496. The Morgan fingerprint density at radius 2 is 2.07 bits per heavy atom. The lowest BCUT2D eigenvalue weighted by Crippen LogP contribution is -2.21. The molecule has 84 valence electrons. The molecule has 0 heterocycles. The van der Waals surface area contributed by atoms with Crippen molar-refractivity contribution in [2.24, 2.45) is 0 Å². The molecule has 0 aliphatic rings. The molecule has 0 rings (SSSR count). The summed E-state index contributed by atoms with van der Waals surface area (Å²) >= 11 is 0. The first-order chi connectivity index (χ1) is 7.01. The molecule has 0 bridgehead atoms. The summed E-state index contributed by atoms with van der Waals surface area (Å²) in [5.74, 6) is -0.994. The Balaban J connectivity index is 3.85. The Morgan fingerprint density at radius 3 is 2.53 bits per heavy atom. The summed E-state index contributed by atoms with van der Waals surface area (Å²) in [5, 5.41) is 0. The van der Waals surface area contributed by atoms with Gasteiger partial charge >= 0.3 is 11.9 Å². The molecule has 4 nitrogen and oxygen atoms in total. The van der Waals surface area contributed by atoms with Gasteiger partial charge in [-0.05, 0) is 13.3 Å². The molecule has 15 heavy (non-hydrogen) atoms. The summed E-state index contributed by atoms with van der Waals surface area (Å²) in [6.45, 7) is 10.2. The summed E-state index contributed by atoms with van der Waals surface area (Å²) in [4.78, 5) is 21.9. The highest BCUT2D eigenvalue weighted by Crippen LogP contribution is 2.01. The molecule has 0 spiro atoms. The van der Waals surface area contributed by atoms with Crippen LogP contribution in [-0.4, -0.2) is 24.6 Å². The smallest absolute Gasteiger partial charge is 0.333 e. The number of hydrogen-bond acceptors (Lipinski definition) is 4. The molecule has 4 heteroatoms. The lowest BCUT2D eigenvalue weighted by molar-refractivity contribution is -0.152.